The summed E-state index contributed by atoms with van der Waals surface area (Å²) < 4.78 is 10.9. The van der Waals surface area contributed by atoms with E-state index in [-0.39, 0.29) is 55.2 Å². The molecule has 0 heterocycles. The Morgan fingerprint density at radius 3 is 1.97 bits per heavy atom. The van der Waals surface area contributed by atoms with Crippen LogP contribution >= 0.6 is 0 Å². The summed E-state index contributed by atoms with van der Waals surface area (Å²) >= 11 is 0. The van der Waals surface area contributed by atoms with Gasteiger partial charge in [0.2, 0.25) is 0 Å². The number of hydrogen-bond donors (Lipinski definition) is 4. The van der Waals surface area contributed by atoms with Crippen molar-refractivity contribution in [3.63, 3.8) is 0 Å². The van der Waals surface area contributed by atoms with E-state index < -0.39 is 0 Å². The van der Waals surface area contributed by atoms with Crippen LogP contribution in [0.15, 0.2) is 0 Å². The summed E-state index contributed by atoms with van der Waals surface area (Å²) in [5, 5.41) is 11.4. The van der Waals surface area contributed by atoms with E-state index in [1.54, 1.807) is 6.09 Å². The molecule has 0 saturated carbocycles. The van der Waals surface area contributed by atoms with Crippen LogP contribution in [-0.4, -0.2) is 106 Å². The van der Waals surface area contributed by atoms with Crippen LogP contribution in [0.3, 0.4) is 0 Å². The molecular weight excluding hydrogens is 477 g/mol. The molecule has 212 valence electrons. The Morgan fingerprint density at radius 2 is 1.41 bits per heavy atom. The molecule has 0 radical (unpaired) electrons. The van der Waals surface area contributed by atoms with Crippen LogP contribution in [0.2, 0.25) is 6.32 Å². The van der Waals surface area contributed by atoms with Crippen LogP contribution in [0, 0.1) is 0 Å². The molecular formula is C25H48BN5O6. The maximum absolute atomic E-state index is 12.6. The second-order valence-electron chi connectivity index (χ2n) is 9.27. The monoisotopic (exact) mass is 525 g/mol. The molecule has 4 N–H and O–H groups in total. The Labute approximate surface area is 223 Å². The molecule has 0 bridgehead atoms. The van der Waals surface area contributed by atoms with E-state index in [4.69, 9.17) is 9.47 Å². The predicted octanol–water partition coefficient (Wildman–Crippen LogP) is 0.0657. The number of nitrogens with one attached hydrogen (secondary N) is 4. The van der Waals surface area contributed by atoms with Crippen LogP contribution in [0.25, 0.3) is 0 Å². The molecule has 0 atom stereocenters. The average Bonchev–Trinajstić information content (AvgIpc) is 2.80. The molecule has 0 rings (SSSR count). The van der Waals surface area contributed by atoms with E-state index in [0.717, 1.165) is 19.2 Å². The van der Waals surface area contributed by atoms with Crippen LogP contribution in [0.1, 0.15) is 60.3 Å². The van der Waals surface area contributed by atoms with Gasteiger partial charge in [0, 0.05) is 0 Å². The number of ether oxygens (including phenoxy) is 2. The summed E-state index contributed by atoms with van der Waals surface area (Å²) in [5.41, 5.74) is 0. The van der Waals surface area contributed by atoms with Crippen molar-refractivity contribution < 1.29 is 28.7 Å². The number of hydrogen-bond acceptors (Lipinski definition) is 7. The van der Waals surface area contributed by atoms with Gasteiger partial charge in [0.25, 0.3) is 0 Å². The van der Waals surface area contributed by atoms with Crippen molar-refractivity contribution >= 4 is 36.6 Å². The zero-order valence-corrected chi connectivity index (χ0v) is 23.4. The van der Waals surface area contributed by atoms with Crippen molar-refractivity contribution in [3.05, 3.63) is 0 Å². The van der Waals surface area contributed by atoms with Crippen LogP contribution in [0.4, 0.5) is 0 Å². The molecule has 0 saturated heterocycles. The number of rotatable bonds is 22. The quantitative estimate of drug-likeness (QED) is 0.116. The van der Waals surface area contributed by atoms with Crippen molar-refractivity contribution in [1.82, 2.24) is 26.2 Å². The topological polar surface area (TPSA) is 138 Å². The zero-order chi connectivity index (χ0) is 27.9. The van der Waals surface area contributed by atoms with E-state index in [0.29, 0.717) is 45.9 Å². The molecule has 0 aromatic carbocycles. The molecule has 0 aromatic rings. The van der Waals surface area contributed by atoms with Gasteiger partial charge >= 0.3 is 209 Å². The molecule has 0 aliphatic heterocycles. The number of nitrogens with zero attached hydrogens (tertiary/aromatic N) is 1. The Balaban J connectivity index is 3.99. The van der Waals surface area contributed by atoms with E-state index in [2.05, 4.69) is 21.3 Å². The van der Waals surface area contributed by atoms with Crippen LogP contribution < -0.4 is 21.3 Å². The average molecular weight is 526 g/mol. The maximum atomic E-state index is 12.6. The van der Waals surface area contributed by atoms with Gasteiger partial charge in [-0.2, -0.15) is 0 Å². The molecule has 0 unspecified atom stereocenters. The molecule has 0 aromatic heterocycles. The number of carbonyl (C=O) groups is 4. The fraction of sp³-hybridized carbons (Fsp3) is 0.800. The first kappa shape index (κ1) is 34.5. The number of amides is 4. The van der Waals surface area contributed by atoms with Gasteiger partial charge < -0.3 is 0 Å². The molecule has 4 amide bonds. The first-order valence-corrected chi connectivity index (χ1v) is 13.3. The van der Waals surface area contributed by atoms with Crippen molar-refractivity contribution in [2.45, 2.75) is 78.7 Å². The molecule has 0 fully saturated rings. The molecule has 11 nitrogen and oxygen atoms in total. The zero-order valence-electron chi connectivity index (χ0n) is 23.4. The third-order valence-corrected chi connectivity index (χ3v) is 4.72. The van der Waals surface area contributed by atoms with Crippen molar-refractivity contribution in [3.8, 4) is 0 Å². The normalized spacial score (nSPS) is 10.9. The molecule has 0 aliphatic carbocycles. The van der Waals surface area contributed by atoms with E-state index in [9.17, 15) is 19.2 Å². The summed E-state index contributed by atoms with van der Waals surface area (Å²) in [5.74, 6) is -0.801. The van der Waals surface area contributed by atoms with Gasteiger partial charge in [0.15, 0.2) is 0 Å². The Morgan fingerprint density at radius 1 is 0.811 bits per heavy atom. The Kier molecular flexibility index (Phi) is 21.2. The van der Waals surface area contributed by atoms with Gasteiger partial charge in [-0.15, -0.1) is 0 Å². The van der Waals surface area contributed by atoms with Gasteiger partial charge in [-0.05, 0) is 6.42 Å². The predicted molar refractivity (Wildman–Crippen MR) is 147 cm³/mol. The summed E-state index contributed by atoms with van der Waals surface area (Å²) in [6, 6.07) is -0.0922. The van der Waals surface area contributed by atoms with Gasteiger partial charge in [-0.25, -0.2) is 0 Å². The van der Waals surface area contributed by atoms with Crippen LogP contribution in [-0.2, 0) is 28.7 Å². The summed E-state index contributed by atoms with van der Waals surface area (Å²) in [7, 11) is 0. The fourth-order valence-electron chi connectivity index (χ4n) is 3.10. The number of carbonyl (C=O) groups excluding carboxylic acids is 4. The van der Waals surface area contributed by atoms with Crippen molar-refractivity contribution in [2.75, 3.05) is 52.6 Å². The summed E-state index contributed by atoms with van der Waals surface area (Å²) in [6.45, 7) is 14.0. The fourth-order valence-corrected chi connectivity index (χ4v) is 3.10. The Hall–Kier alpha value is -2.47. The molecule has 37 heavy (non-hydrogen) atoms. The summed E-state index contributed by atoms with van der Waals surface area (Å²) in [6.07, 6.45) is 5.02. The van der Waals surface area contributed by atoms with Gasteiger partial charge in [0.05, 0.1) is 0 Å². The van der Waals surface area contributed by atoms with Gasteiger partial charge in [0.1, 0.15) is 0 Å². The first-order chi connectivity index (χ1) is 17.6. The Bertz CT molecular complexity index is 666. The van der Waals surface area contributed by atoms with E-state index >= 15 is 0 Å². The third kappa shape index (κ3) is 22.5. The first-order valence-electron chi connectivity index (χ1n) is 13.3. The second kappa shape index (κ2) is 22.7. The SMILES string of the molecule is CCCC(=O)NCCOCCOCCCB=CNCCC(=O)N(CC(=O)NC(C)C)CC(=O)NC(C)C. The van der Waals surface area contributed by atoms with E-state index in [1.807, 2.05) is 41.5 Å². The van der Waals surface area contributed by atoms with Crippen molar-refractivity contribution in [2.24, 2.45) is 0 Å². The summed E-state index contributed by atoms with van der Waals surface area (Å²) in [4.78, 5) is 49.4. The van der Waals surface area contributed by atoms with Crippen LogP contribution in [0.5, 0.6) is 0 Å². The van der Waals surface area contributed by atoms with E-state index in [1.165, 1.54) is 4.90 Å². The van der Waals surface area contributed by atoms with Crippen molar-refractivity contribution in [1.29, 1.82) is 0 Å². The molecule has 12 heteroatoms. The third-order valence-electron chi connectivity index (χ3n) is 4.72. The minimum absolute atomic E-state index is 0.0461. The van der Waals surface area contributed by atoms with Gasteiger partial charge in [-0.1, -0.05) is 6.92 Å². The minimum atomic E-state index is -0.293. The van der Waals surface area contributed by atoms with Gasteiger partial charge in [-0.3, -0.25) is 0 Å². The standard InChI is InChI=1S/C25H48BN5O6/c1-6-8-22(32)28-12-14-37-16-15-36-13-7-10-26-19-27-11-9-25(35)31(17-23(33)29-20(2)3)18-24(34)30-21(4)5/h19-21,27H,6-18H2,1-5H3,(H,28,32)(H,29,33)(H,30,34). The second-order valence-corrected chi connectivity index (χ2v) is 9.27. The molecule has 0 aliphatic rings. The molecule has 0 spiro atoms.